The van der Waals surface area contributed by atoms with Crippen LogP contribution in [-0.2, 0) is 25.6 Å². The molecule has 0 fully saturated rings. The number of carbonyl (C=O) groups excluding carboxylic acids is 5. The number of urea groups is 1. The maximum absolute atomic E-state index is 13.9. The van der Waals surface area contributed by atoms with Crippen molar-refractivity contribution in [3.8, 4) is 0 Å². The number of nitrogens with zero attached hydrogens (tertiary/aromatic N) is 4. The van der Waals surface area contributed by atoms with Gasteiger partial charge in [-0.3, -0.25) is 19.2 Å². The van der Waals surface area contributed by atoms with Crippen LogP contribution in [0.15, 0.2) is 30.3 Å². The van der Waals surface area contributed by atoms with Crippen LogP contribution in [0, 0.1) is 11.8 Å². The SMILES string of the molecule is CCCCN(CC(=O)N(C)[C@@H](Cc1ccccc1)C(=O)N(C)[C@H](N)CC(C)C)C(=O)[C@@H](NC(=O)[C@H](CC(C)C)N(C)C(N)=O)[C@@H](C)O. The van der Waals surface area contributed by atoms with Crippen LogP contribution in [0.3, 0.4) is 0 Å². The summed E-state index contributed by atoms with van der Waals surface area (Å²) in [4.78, 5) is 72.1. The number of rotatable bonds is 19. The van der Waals surface area contributed by atoms with E-state index in [1.54, 1.807) is 7.05 Å². The Hall–Kier alpha value is -3.71. The Morgan fingerprint density at radius 2 is 1.40 bits per heavy atom. The topological polar surface area (TPSA) is 183 Å². The third-order valence-corrected chi connectivity index (χ3v) is 8.25. The summed E-state index contributed by atoms with van der Waals surface area (Å²) in [7, 11) is 4.56. The van der Waals surface area contributed by atoms with Gasteiger partial charge in [0.1, 0.15) is 18.1 Å². The van der Waals surface area contributed by atoms with Crippen LogP contribution in [0.1, 0.15) is 72.8 Å². The molecule has 1 aromatic carbocycles. The number of unbranched alkanes of at least 4 members (excludes halogenated alkanes) is 1. The molecule has 0 aromatic heterocycles. The quantitative estimate of drug-likeness (QED) is 0.163. The number of likely N-dealkylation sites (N-methyl/N-ethyl adjacent to an activating group) is 3. The van der Waals surface area contributed by atoms with E-state index in [2.05, 4.69) is 5.32 Å². The van der Waals surface area contributed by atoms with E-state index in [1.807, 2.05) is 65.0 Å². The van der Waals surface area contributed by atoms with Gasteiger partial charge in [0.2, 0.25) is 23.6 Å². The van der Waals surface area contributed by atoms with Crippen molar-refractivity contribution in [3.63, 3.8) is 0 Å². The molecule has 47 heavy (non-hydrogen) atoms. The Kier molecular flexibility index (Phi) is 17.4. The molecule has 1 rings (SSSR count). The summed E-state index contributed by atoms with van der Waals surface area (Å²) in [6, 6.07) is 5.27. The van der Waals surface area contributed by atoms with Crippen molar-refractivity contribution in [3.05, 3.63) is 35.9 Å². The predicted octanol–water partition coefficient (Wildman–Crippen LogP) is 1.76. The lowest BCUT2D eigenvalue weighted by Crippen LogP contribution is -2.60. The minimum atomic E-state index is -1.39. The number of hydrogen-bond acceptors (Lipinski definition) is 7. The fourth-order valence-corrected chi connectivity index (χ4v) is 5.21. The van der Waals surface area contributed by atoms with Gasteiger partial charge in [-0.15, -0.1) is 0 Å². The van der Waals surface area contributed by atoms with Crippen molar-refractivity contribution in [2.24, 2.45) is 23.3 Å². The summed E-state index contributed by atoms with van der Waals surface area (Å²) >= 11 is 0. The summed E-state index contributed by atoms with van der Waals surface area (Å²) in [5, 5.41) is 13.2. The van der Waals surface area contributed by atoms with Gasteiger partial charge < -0.3 is 41.5 Å². The van der Waals surface area contributed by atoms with Crippen LogP contribution in [0.2, 0.25) is 0 Å². The first-order valence-corrected chi connectivity index (χ1v) is 16.5. The molecule has 0 aliphatic heterocycles. The molecule has 0 aliphatic rings. The van der Waals surface area contributed by atoms with Crippen LogP contribution in [0.4, 0.5) is 4.79 Å². The summed E-state index contributed by atoms with van der Waals surface area (Å²) < 4.78 is 0. The molecule has 6 amide bonds. The summed E-state index contributed by atoms with van der Waals surface area (Å²) in [5.41, 5.74) is 12.6. The lowest BCUT2D eigenvalue weighted by atomic mass is 10.0. The van der Waals surface area contributed by atoms with Gasteiger partial charge in [0.15, 0.2) is 0 Å². The molecule has 13 heteroatoms. The van der Waals surface area contributed by atoms with Gasteiger partial charge in [-0.1, -0.05) is 71.4 Å². The first kappa shape index (κ1) is 41.3. The van der Waals surface area contributed by atoms with Crippen molar-refractivity contribution in [1.82, 2.24) is 24.9 Å². The molecule has 0 heterocycles. The molecule has 0 bridgehead atoms. The number of benzene rings is 1. The third kappa shape index (κ3) is 13.1. The van der Waals surface area contributed by atoms with E-state index >= 15 is 0 Å². The molecule has 0 unspecified atom stereocenters. The van der Waals surface area contributed by atoms with Crippen LogP contribution >= 0.6 is 0 Å². The molecule has 1 aromatic rings. The third-order valence-electron chi connectivity index (χ3n) is 8.25. The maximum atomic E-state index is 13.9. The highest BCUT2D eigenvalue weighted by molar-refractivity contribution is 5.94. The molecule has 0 spiro atoms. The van der Waals surface area contributed by atoms with Gasteiger partial charge in [-0.2, -0.15) is 0 Å². The van der Waals surface area contributed by atoms with Crippen LogP contribution in [0.5, 0.6) is 0 Å². The van der Waals surface area contributed by atoms with Gasteiger partial charge in [-0.05, 0) is 43.6 Å². The lowest BCUT2D eigenvalue weighted by Gasteiger charge is -2.36. The fraction of sp³-hybridized carbons (Fsp3) is 0.676. The second-order valence-corrected chi connectivity index (χ2v) is 13.3. The lowest BCUT2D eigenvalue weighted by molar-refractivity contribution is -0.149. The van der Waals surface area contributed by atoms with Crippen molar-refractivity contribution < 1.29 is 29.1 Å². The van der Waals surface area contributed by atoms with Crippen molar-refractivity contribution >= 4 is 29.7 Å². The van der Waals surface area contributed by atoms with E-state index in [-0.39, 0.29) is 43.7 Å². The van der Waals surface area contributed by atoms with Crippen LogP contribution < -0.4 is 16.8 Å². The van der Waals surface area contributed by atoms with Gasteiger partial charge in [0.25, 0.3) is 0 Å². The van der Waals surface area contributed by atoms with E-state index in [0.717, 1.165) is 10.5 Å². The summed E-state index contributed by atoms with van der Waals surface area (Å²) in [5.74, 6) is -1.84. The molecule has 13 nitrogen and oxygen atoms in total. The summed E-state index contributed by atoms with van der Waals surface area (Å²) in [6.07, 6.45) is 0.509. The number of carbonyl (C=O) groups is 5. The number of nitrogens with two attached hydrogens (primary N) is 2. The largest absolute Gasteiger partial charge is 0.391 e. The monoisotopic (exact) mass is 661 g/mol. The zero-order valence-electron chi connectivity index (χ0n) is 29.8. The van der Waals surface area contributed by atoms with Crippen LogP contribution in [-0.4, -0.2) is 119 Å². The molecular formula is C34H59N7O6. The molecule has 0 saturated carbocycles. The molecular weight excluding hydrogens is 602 g/mol. The molecule has 5 atom stereocenters. The zero-order chi connectivity index (χ0) is 36.0. The minimum absolute atomic E-state index is 0.0213. The Balaban J connectivity index is 3.36. The molecule has 0 saturated heterocycles. The molecule has 0 radical (unpaired) electrons. The average Bonchev–Trinajstić information content (AvgIpc) is 3.01. The van der Waals surface area contributed by atoms with E-state index in [9.17, 15) is 29.1 Å². The Morgan fingerprint density at radius 1 is 0.830 bits per heavy atom. The highest BCUT2D eigenvalue weighted by Gasteiger charge is 2.37. The van der Waals surface area contributed by atoms with Crippen molar-refractivity contribution in [2.75, 3.05) is 34.2 Å². The number of aliphatic hydroxyl groups excluding tert-OH is 1. The minimum Gasteiger partial charge on any atom is -0.391 e. The second kappa shape index (κ2) is 19.8. The average molecular weight is 662 g/mol. The summed E-state index contributed by atoms with van der Waals surface area (Å²) in [6.45, 7) is 10.9. The van der Waals surface area contributed by atoms with Crippen molar-refractivity contribution in [2.45, 2.75) is 104 Å². The van der Waals surface area contributed by atoms with Gasteiger partial charge >= 0.3 is 6.03 Å². The van der Waals surface area contributed by atoms with Gasteiger partial charge in [0, 0.05) is 34.1 Å². The van der Waals surface area contributed by atoms with Gasteiger partial charge in [-0.25, -0.2) is 4.79 Å². The molecule has 6 N–H and O–H groups in total. The Morgan fingerprint density at radius 3 is 1.89 bits per heavy atom. The van der Waals surface area contributed by atoms with E-state index in [4.69, 9.17) is 11.5 Å². The second-order valence-electron chi connectivity index (χ2n) is 13.3. The van der Waals surface area contributed by atoms with Crippen molar-refractivity contribution in [1.29, 1.82) is 0 Å². The first-order chi connectivity index (χ1) is 21.9. The zero-order valence-corrected chi connectivity index (χ0v) is 29.8. The highest BCUT2D eigenvalue weighted by atomic mass is 16.3. The number of nitrogens with one attached hydrogen (secondary N) is 1. The fourth-order valence-electron chi connectivity index (χ4n) is 5.21. The van der Waals surface area contributed by atoms with Crippen LogP contribution in [0.25, 0.3) is 0 Å². The highest BCUT2D eigenvalue weighted by Crippen LogP contribution is 2.16. The number of hydrogen-bond donors (Lipinski definition) is 4. The first-order valence-electron chi connectivity index (χ1n) is 16.5. The van der Waals surface area contributed by atoms with E-state index in [0.29, 0.717) is 19.3 Å². The number of aliphatic hydroxyl groups is 1. The van der Waals surface area contributed by atoms with E-state index < -0.39 is 54.1 Å². The molecule has 0 aliphatic carbocycles. The Bertz CT molecular complexity index is 1160. The standard InChI is InChI=1S/C34H59N7O6/c1-10-11-17-41(33(46)30(24(6)42)37-31(44)26(18-22(2)3)39(8)34(36)47)21-29(43)38(7)27(20-25-15-13-12-14-16-25)32(45)40(9)28(35)19-23(4)5/h12-16,22-24,26-28,30,42H,10-11,17-21,35H2,1-9H3,(H2,36,47)(H,37,44)/t24-,26+,27+,28+,30+/m1/s1. The Labute approximate surface area is 281 Å². The molecule has 266 valence electrons. The van der Waals surface area contributed by atoms with Gasteiger partial charge in [0.05, 0.1) is 18.8 Å². The number of primary amides is 1. The maximum Gasteiger partial charge on any atom is 0.315 e. The predicted molar refractivity (Wildman–Crippen MR) is 183 cm³/mol. The smallest absolute Gasteiger partial charge is 0.315 e. The number of amides is 6. The van der Waals surface area contributed by atoms with E-state index in [1.165, 1.54) is 35.7 Å². The normalized spacial score (nSPS) is 14.5.